The SMILES string of the molecule is CC(C)C(C(=O)NC1CCCNC1C)c1cccc(Cl)c1. The van der Waals surface area contributed by atoms with Gasteiger partial charge in [-0.25, -0.2) is 0 Å². The molecule has 1 saturated heterocycles. The van der Waals surface area contributed by atoms with Crippen LogP contribution in [0, 0.1) is 5.92 Å². The summed E-state index contributed by atoms with van der Waals surface area (Å²) in [4.78, 5) is 12.7. The monoisotopic (exact) mass is 308 g/mol. The number of carbonyl (C=O) groups is 1. The molecule has 3 atom stereocenters. The minimum absolute atomic E-state index is 0.104. The van der Waals surface area contributed by atoms with Crippen LogP contribution in [0.25, 0.3) is 0 Å². The largest absolute Gasteiger partial charge is 0.351 e. The van der Waals surface area contributed by atoms with Crippen LogP contribution in [0.1, 0.15) is 45.1 Å². The zero-order valence-electron chi connectivity index (χ0n) is 13.0. The molecule has 0 aliphatic carbocycles. The van der Waals surface area contributed by atoms with Crippen molar-refractivity contribution in [2.24, 2.45) is 5.92 Å². The first-order valence-corrected chi connectivity index (χ1v) is 8.16. The van der Waals surface area contributed by atoms with Crippen LogP contribution in [-0.2, 0) is 4.79 Å². The lowest BCUT2D eigenvalue weighted by atomic mass is 9.87. The topological polar surface area (TPSA) is 41.1 Å². The Labute approximate surface area is 132 Å². The Morgan fingerprint density at radius 1 is 1.43 bits per heavy atom. The summed E-state index contributed by atoms with van der Waals surface area (Å²) < 4.78 is 0. The highest BCUT2D eigenvalue weighted by molar-refractivity contribution is 6.30. The van der Waals surface area contributed by atoms with E-state index in [-0.39, 0.29) is 23.8 Å². The molecule has 4 heteroatoms. The Kier molecular flexibility index (Phi) is 5.65. The zero-order chi connectivity index (χ0) is 15.4. The van der Waals surface area contributed by atoms with Crippen LogP contribution in [0.2, 0.25) is 5.02 Å². The molecular weight excluding hydrogens is 284 g/mol. The molecule has 116 valence electrons. The molecule has 1 fully saturated rings. The Morgan fingerprint density at radius 2 is 2.19 bits per heavy atom. The van der Waals surface area contributed by atoms with E-state index in [1.807, 2.05) is 24.3 Å². The maximum atomic E-state index is 12.7. The van der Waals surface area contributed by atoms with Gasteiger partial charge in [0.25, 0.3) is 0 Å². The second kappa shape index (κ2) is 7.28. The van der Waals surface area contributed by atoms with Gasteiger partial charge in [0.2, 0.25) is 5.91 Å². The predicted molar refractivity (Wildman–Crippen MR) is 87.7 cm³/mol. The molecule has 1 aromatic carbocycles. The molecule has 2 N–H and O–H groups in total. The molecule has 1 amide bonds. The molecule has 1 heterocycles. The average molecular weight is 309 g/mol. The van der Waals surface area contributed by atoms with E-state index in [4.69, 9.17) is 11.6 Å². The molecule has 1 aromatic rings. The molecule has 1 aliphatic heterocycles. The van der Waals surface area contributed by atoms with Gasteiger partial charge in [-0.3, -0.25) is 4.79 Å². The summed E-state index contributed by atoms with van der Waals surface area (Å²) in [6, 6.07) is 8.17. The first-order chi connectivity index (χ1) is 9.99. The first kappa shape index (κ1) is 16.3. The lowest BCUT2D eigenvalue weighted by Crippen LogP contribution is -2.53. The summed E-state index contributed by atoms with van der Waals surface area (Å²) in [6.45, 7) is 7.32. The van der Waals surface area contributed by atoms with E-state index in [1.54, 1.807) is 0 Å². The van der Waals surface area contributed by atoms with Crippen LogP contribution < -0.4 is 10.6 Å². The van der Waals surface area contributed by atoms with E-state index >= 15 is 0 Å². The van der Waals surface area contributed by atoms with Crippen LogP contribution >= 0.6 is 11.6 Å². The molecular formula is C17H25ClN2O. The molecule has 0 aromatic heterocycles. The number of benzene rings is 1. The van der Waals surface area contributed by atoms with Crippen LogP contribution in [-0.4, -0.2) is 24.5 Å². The van der Waals surface area contributed by atoms with E-state index in [0.717, 1.165) is 24.9 Å². The van der Waals surface area contributed by atoms with E-state index < -0.39 is 0 Å². The summed E-state index contributed by atoms with van der Waals surface area (Å²) in [7, 11) is 0. The van der Waals surface area contributed by atoms with Crippen molar-refractivity contribution < 1.29 is 4.79 Å². The van der Waals surface area contributed by atoms with Crippen LogP contribution in [0.5, 0.6) is 0 Å². The Morgan fingerprint density at radius 3 is 2.81 bits per heavy atom. The van der Waals surface area contributed by atoms with Crippen molar-refractivity contribution in [3.8, 4) is 0 Å². The highest BCUT2D eigenvalue weighted by Gasteiger charge is 2.29. The molecule has 0 saturated carbocycles. The minimum atomic E-state index is -0.155. The fraction of sp³-hybridized carbons (Fsp3) is 0.588. The highest BCUT2D eigenvalue weighted by Crippen LogP contribution is 2.27. The van der Waals surface area contributed by atoms with Crippen LogP contribution in [0.15, 0.2) is 24.3 Å². The Hall–Kier alpha value is -1.06. The molecule has 21 heavy (non-hydrogen) atoms. The summed E-state index contributed by atoms with van der Waals surface area (Å²) in [5, 5.41) is 7.32. The molecule has 0 spiro atoms. The number of piperidine rings is 1. The predicted octanol–water partition coefficient (Wildman–Crippen LogP) is 3.34. The van der Waals surface area contributed by atoms with Gasteiger partial charge >= 0.3 is 0 Å². The zero-order valence-corrected chi connectivity index (χ0v) is 13.8. The van der Waals surface area contributed by atoms with E-state index in [1.165, 1.54) is 0 Å². The van der Waals surface area contributed by atoms with Gasteiger partial charge in [0.1, 0.15) is 0 Å². The third kappa shape index (κ3) is 4.21. The fourth-order valence-electron chi connectivity index (χ4n) is 3.05. The van der Waals surface area contributed by atoms with Crippen molar-refractivity contribution in [1.29, 1.82) is 0 Å². The molecule has 1 aliphatic rings. The molecule has 3 unspecified atom stereocenters. The molecule has 2 rings (SSSR count). The van der Waals surface area contributed by atoms with E-state index in [0.29, 0.717) is 11.1 Å². The standard InChI is InChI=1S/C17H25ClN2O/c1-11(2)16(13-6-4-7-14(18)10-13)17(21)20-15-8-5-9-19-12(15)3/h4,6-7,10-12,15-16,19H,5,8-9H2,1-3H3,(H,20,21). The number of hydrogen-bond donors (Lipinski definition) is 2. The Balaban J connectivity index is 2.12. The second-order valence-corrected chi connectivity index (χ2v) is 6.71. The average Bonchev–Trinajstić information content (AvgIpc) is 2.41. The fourth-order valence-corrected chi connectivity index (χ4v) is 3.25. The smallest absolute Gasteiger partial charge is 0.228 e. The summed E-state index contributed by atoms with van der Waals surface area (Å²) in [5.41, 5.74) is 0.992. The van der Waals surface area contributed by atoms with Gasteiger partial charge < -0.3 is 10.6 Å². The Bertz CT molecular complexity index is 489. The highest BCUT2D eigenvalue weighted by atomic mass is 35.5. The van der Waals surface area contributed by atoms with Crippen molar-refractivity contribution in [3.63, 3.8) is 0 Å². The third-order valence-corrected chi connectivity index (χ3v) is 4.48. The molecule has 3 nitrogen and oxygen atoms in total. The van der Waals surface area contributed by atoms with Gasteiger partial charge in [-0.05, 0) is 49.9 Å². The van der Waals surface area contributed by atoms with Gasteiger partial charge in [0.05, 0.1) is 5.92 Å². The van der Waals surface area contributed by atoms with Gasteiger partial charge in [-0.1, -0.05) is 37.6 Å². The van der Waals surface area contributed by atoms with Crippen molar-refractivity contribution in [2.45, 2.75) is 51.6 Å². The number of nitrogens with one attached hydrogen (secondary N) is 2. The quantitative estimate of drug-likeness (QED) is 0.895. The number of hydrogen-bond acceptors (Lipinski definition) is 2. The molecule has 0 radical (unpaired) electrons. The molecule has 0 bridgehead atoms. The summed E-state index contributed by atoms with van der Waals surface area (Å²) in [6.07, 6.45) is 2.15. The van der Waals surface area contributed by atoms with Crippen molar-refractivity contribution >= 4 is 17.5 Å². The third-order valence-electron chi connectivity index (χ3n) is 4.25. The van der Waals surface area contributed by atoms with E-state index in [2.05, 4.69) is 31.4 Å². The summed E-state index contributed by atoms with van der Waals surface area (Å²) >= 11 is 6.07. The number of halogens is 1. The minimum Gasteiger partial charge on any atom is -0.351 e. The number of carbonyl (C=O) groups excluding carboxylic acids is 1. The second-order valence-electron chi connectivity index (χ2n) is 6.28. The normalized spacial score (nSPS) is 23.9. The van der Waals surface area contributed by atoms with Gasteiger partial charge in [-0.15, -0.1) is 0 Å². The number of rotatable bonds is 4. The van der Waals surface area contributed by atoms with Crippen LogP contribution in [0.3, 0.4) is 0 Å². The maximum Gasteiger partial charge on any atom is 0.228 e. The van der Waals surface area contributed by atoms with Crippen molar-refractivity contribution in [3.05, 3.63) is 34.9 Å². The first-order valence-electron chi connectivity index (χ1n) is 7.78. The maximum absolute atomic E-state index is 12.7. The summed E-state index contributed by atoms with van der Waals surface area (Å²) in [5.74, 6) is 0.181. The number of amides is 1. The van der Waals surface area contributed by atoms with E-state index in [9.17, 15) is 4.79 Å². The van der Waals surface area contributed by atoms with Gasteiger partial charge in [-0.2, -0.15) is 0 Å². The van der Waals surface area contributed by atoms with Crippen molar-refractivity contribution in [1.82, 2.24) is 10.6 Å². The van der Waals surface area contributed by atoms with Gasteiger partial charge in [0.15, 0.2) is 0 Å². The van der Waals surface area contributed by atoms with Crippen LogP contribution in [0.4, 0.5) is 0 Å². The van der Waals surface area contributed by atoms with Crippen molar-refractivity contribution in [2.75, 3.05) is 6.54 Å². The van der Waals surface area contributed by atoms with Gasteiger partial charge in [0, 0.05) is 17.1 Å². The lowest BCUT2D eigenvalue weighted by Gasteiger charge is -2.32. The lowest BCUT2D eigenvalue weighted by molar-refractivity contribution is -0.124.